The highest BCUT2D eigenvalue weighted by Crippen LogP contribution is 2.24. The maximum Gasteiger partial charge on any atom is 0.326 e. The number of nitrogens with zero attached hydrogens (tertiary/aromatic N) is 1. The van der Waals surface area contributed by atoms with Gasteiger partial charge >= 0.3 is 5.97 Å². The number of hydrogen-bond donors (Lipinski definition) is 2. The molecule has 0 saturated carbocycles. The SMILES string of the molecule is CC(CN)CC(=O)N1Cc2ccccc2CC1C(=O)O. The summed E-state index contributed by atoms with van der Waals surface area (Å²) < 4.78 is 0. The van der Waals surface area contributed by atoms with Gasteiger partial charge < -0.3 is 15.7 Å². The molecule has 0 fully saturated rings. The van der Waals surface area contributed by atoms with Crippen LogP contribution in [0.3, 0.4) is 0 Å². The van der Waals surface area contributed by atoms with E-state index in [4.69, 9.17) is 5.73 Å². The Balaban J connectivity index is 2.22. The topological polar surface area (TPSA) is 83.6 Å². The van der Waals surface area contributed by atoms with Crippen LogP contribution < -0.4 is 5.73 Å². The van der Waals surface area contributed by atoms with Crippen molar-refractivity contribution in [3.63, 3.8) is 0 Å². The van der Waals surface area contributed by atoms with E-state index in [2.05, 4.69) is 0 Å². The van der Waals surface area contributed by atoms with Gasteiger partial charge in [-0.25, -0.2) is 4.79 Å². The van der Waals surface area contributed by atoms with Crippen molar-refractivity contribution in [3.05, 3.63) is 35.4 Å². The van der Waals surface area contributed by atoms with Crippen molar-refractivity contribution in [1.29, 1.82) is 0 Å². The Hall–Kier alpha value is -1.88. The Bertz CT molecular complexity index is 516. The third-order valence-corrected chi connectivity index (χ3v) is 3.78. The fraction of sp³-hybridized carbons (Fsp3) is 0.467. The maximum atomic E-state index is 12.3. The number of aliphatic carboxylic acids is 1. The molecule has 2 atom stereocenters. The number of carboxylic acid groups (broad SMARTS) is 1. The van der Waals surface area contributed by atoms with Crippen LogP contribution in [0.5, 0.6) is 0 Å². The largest absolute Gasteiger partial charge is 0.480 e. The summed E-state index contributed by atoms with van der Waals surface area (Å²) in [5.41, 5.74) is 7.57. The molecule has 2 unspecified atom stereocenters. The summed E-state index contributed by atoms with van der Waals surface area (Å²) in [7, 11) is 0. The number of benzene rings is 1. The molecule has 1 aliphatic heterocycles. The van der Waals surface area contributed by atoms with E-state index in [1.807, 2.05) is 31.2 Å². The molecule has 0 aromatic heterocycles. The molecule has 1 aliphatic rings. The van der Waals surface area contributed by atoms with Crippen LogP contribution in [-0.2, 0) is 22.6 Å². The van der Waals surface area contributed by atoms with Gasteiger partial charge in [0.05, 0.1) is 0 Å². The second kappa shape index (κ2) is 6.05. The van der Waals surface area contributed by atoms with E-state index in [0.29, 0.717) is 25.9 Å². The summed E-state index contributed by atoms with van der Waals surface area (Å²) in [5.74, 6) is -1.02. The van der Waals surface area contributed by atoms with Crippen LogP contribution in [0.2, 0.25) is 0 Å². The normalized spacial score (nSPS) is 19.3. The zero-order valence-corrected chi connectivity index (χ0v) is 11.6. The van der Waals surface area contributed by atoms with Gasteiger partial charge in [0, 0.05) is 19.4 Å². The first-order valence-electron chi connectivity index (χ1n) is 6.82. The minimum Gasteiger partial charge on any atom is -0.480 e. The average Bonchev–Trinajstić information content (AvgIpc) is 2.45. The number of nitrogens with two attached hydrogens (primary N) is 1. The van der Waals surface area contributed by atoms with Gasteiger partial charge in [0.25, 0.3) is 0 Å². The monoisotopic (exact) mass is 276 g/mol. The van der Waals surface area contributed by atoms with Crippen LogP contribution in [0.15, 0.2) is 24.3 Å². The number of carbonyl (C=O) groups is 2. The van der Waals surface area contributed by atoms with Crippen molar-refractivity contribution in [2.45, 2.75) is 32.4 Å². The minimum absolute atomic E-state index is 0.0640. The Morgan fingerprint density at radius 3 is 2.65 bits per heavy atom. The standard InChI is InChI=1S/C15H20N2O3/c1-10(8-16)6-14(18)17-9-12-5-3-2-4-11(12)7-13(17)15(19)20/h2-5,10,13H,6-9,16H2,1H3,(H,19,20). The first kappa shape index (κ1) is 14.5. The lowest BCUT2D eigenvalue weighted by atomic mass is 9.93. The summed E-state index contributed by atoms with van der Waals surface area (Å²) >= 11 is 0. The van der Waals surface area contributed by atoms with Crippen LogP contribution in [0.1, 0.15) is 24.5 Å². The van der Waals surface area contributed by atoms with Gasteiger partial charge in [-0.15, -0.1) is 0 Å². The third-order valence-electron chi connectivity index (χ3n) is 3.78. The second-order valence-corrected chi connectivity index (χ2v) is 5.39. The molecule has 108 valence electrons. The molecule has 0 radical (unpaired) electrons. The van der Waals surface area contributed by atoms with Gasteiger partial charge in [-0.1, -0.05) is 31.2 Å². The zero-order valence-electron chi connectivity index (χ0n) is 11.6. The summed E-state index contributed by atoms with van der Waals surface area (Å²) in [6.07, 6.45) is 0.663. The summed E-state index contributed by atoms with van der Waals surface area (Å²) in [4.78, 5) is 25.2. The van der Waals surface area contributed by atoms with Gasteiger partial charge in [-0.05, 0) is 23.6 Å². The number of carbonyl (C=O) groups excluding carboxylic acids is 1. The van der Waals surface area contributed by atoms with E-state index >= 15 is 0 Å². The van der Waals surface area contributed by atoms with Gasteiger partial charge in [0.1, 0.15) is 6.04 Å². The van der Waals surface area contributed by atoms with E-state index < -0.39 is 12.0 Å². The fourth-order valence-corrected chi connectivity index (χ4v) is 2.50. The van der Waals surface area contributed by atoms with Gasteiger partial charge in [-0.3, -0.25) is 4.79 Å². The quantitative estimate of drug-likeness (QED) is 0.859. The minimum atomic E-state index is -0.951. The van der Waals surface area contributed by atoms with E-state index in [1.54, 1.807) is 0 Å². The predicted molar refractivity (Wildman–Crippen MR) is 75.0 cm³/mol. The third kappa shape index (κ3) is 2.99. The van der Waals surface area contributed by atoms with Crippen molar-refractivity contribution >= 4 is 11.9 Å². The molecule has 0 saturated heterocycles. The Morgan fingerprint density at radius 2 is 2.05 bits per heavy atom. The van der Waals surface area contributed by atoms with Crippen LogP contribution >= 0.6 is 0 Å². The molecule has 1 amide bonds. The Morgan fingerprint density at radius 1 is 1.40 bits per heavy atom. The number of fused-ring (bicyclic) bond motifs is 1. The summed E-state index contributed by atoms with van der Waals surface area (Å²) in [6, 6.07) is 6.90. The molecule has 1 heterocycles. The van der Waals surface area contributed by atoms with Crippen LogP contribution in [0.4, 0.5) is 0 Å². The maximum absolute atomic E-state index is 12.3. The van der Waals surface area contributed by atoms with Gasteiger partial charge in [0.2, 0.25) is 5.91 Å². The van der Waals surface area contributed by atoms with E-state index in [9.17, 15) is 14.7 Å². The van der Waals surface area contributed by atoms with Crippen molar-refractivity contribution in [1.82, 2.24) is 4.90 Å². The molecular formula is C15H20N2O3. The number of rotatable bonds is 4. The smallest absolute Gasteiger partial charge is 0.326 e. The molecule has 5 heteroatoms. The fourth-order valence-electron chi connectivity index (χ4n) is 2.50. The first-order valence-corrected chi connectivity index (χ1v) is 6.82. The summed E-state index contributed by atoms with van der Waals surface area (Å²) in [5, 5.41) is 9.36. The molecule has 20 heavy (non-hydrogen) atoms. The number of carboxylic acids is 1. The van der Waals surface area contributed by atoms with Crippen LogP contribution in [0.25, 0.3) is 0 Å². The van der Waals surface area contributed by atoms with E-state index in [-0.39, 0.29) is 11.8 Å². The van der Waals surface area contributed by atoms with E-state index in [0.717, 1.165) is 11.1 Å². The molecule has 1 aromatic carbocycles. The van der Waals surface area contributed by atoms with Crippen LogP contribution in [0, 0.1) is 5.92 Å². The van der Waals surface area contributed by atoms with Crippen molar-refractivity contribution < 1.29 is 14.7 Å². The average molecular weight is 276 g/mol. The predicted octanol–water partition coefficient (Wildman–Crippen LogP) is 1.01. The highest BCUT2D eigenvalue weighted by molar-refractivity contribution is 5.84. The van der Waals surface area contributed by atoms with Gasteiger partial charge in [0.15, 0.2) is 0 Å². The first-order chi connectivity index (χ1) is 9.52. The van der Waals surface area contributed by atoms with Crippen molar-refractivity contribution in [3.8, 4) is 0 Å². The lowest BCUT2D eigenvalue weighted by Crippen LogP contribution is -2.49. The van der Waals surface area contributed by atoms with Gasteiger partial charge in [-0.2, -0.15) is 0 Å². The molecule has 1 aromatic rings. The molecule has 0 bridgehead atoms. The molecule has 3 N–H and O–H groups in total. The second-order valence-electron chi connectivity index (χ2n) is 5.39. The van der Waals surface area contributed by atoms with Crippen LogP contribution in [-0.4, -0.2) is 34.5 Å². The van der Waals surface area contributed by atoms with E-state index in [1.165, 1.54) is 4.90 Å². The van der Waals surface area contributed by atoms with Crippen molar-refractivity contribution in [2.75, 3.05) is 6.54 Å². The lowest BCUT2D eigenvalue weighted by molar-refractivity contribution is -0.151. The Labute approximate surface area is 118 Å². The Kier molecular flexibility index (Phi) is 4.39. The lowest BCUT2D eigenvalue weighted by Gasteiger charge is -2.35. The highest BCUT2D eigenvalue weighted by atomic mass is 16.4. The number of amides is 1. The zero-order chi connectivity index (χ0) is 14.7. The summed E-state index contributed by atoms with van der Waals surface area (Å²) in [6.45, 7) is 2.68. The van der Waals surface area contributed by atoms with Crippen molar-refractivity contribution in [2.24, 2.45) is 11.7 Å². The molecule has 0 aliphatic carbocycles. The molecule has 5 nitrogen and oxygen atoms in total. The molecular weight excluding hydrogens is 256 g/mol. The highest BCUT2D eigenvalue weighted by Gasteiger charge is 2.34. The molecule has 0 spiro atoms. The number of hydrogen-bond acceptors (Lipinski definition) is 3. The molecule has 2 rings (SSSR count).